The summed E-state index contributed by atoms with van der Waals surface area (Å²) in [6.07, 6.45) is 8.21. The molecule has 1 N–H and O–H groups in total. The van der Waals surface area contributed by atoms with Gasteiger partial charge in [0.05, 0.1) is 21.9 Å². The van der Waals surface area contributed by atoms with Crippen molar-refractivity contribution >= 4 is 15.9 Å². The lowest BCUT2D eigenvalue weighted by Gasteiger charge is -2.38. The summed E-state index contributed by atoms with van der Waals surface area (Å²) < 4.78 is 3.35. The first-order valence-corrected chi connectivity index (χ1v) is 8.38. The predicted octanol–water partition coefficient (Wildman–Crippen LogP) is 4.07. The topological polar surface area (TPSA) is 29.9 Å². The maximum atomic E-state index is 4.57. The molecule has 0 amide bonds. The van der Waals surface area contributed by atoms with Crippen molar-refractivity contribution in [3.05, 3.63) is 16.4 Å². The van der Waals surface area contributed by atoms with Crippen LogP contribution in [0, 0.1) is 5.92 Å². The van der Waals surface area contributed by atoms with E-state index in [9.17, 15) is 0 Å². The first-order valence-electron chi connectivity index (χ1n) is 7.58. The quantitative estimate of drug-likeness (QED) is 0.903. The first-order chi connectivity index (χ1) is 9.12. The summed E-state index contributed by atoms with van der Waals surface area (Å²) in [5.41, 5.74) is 1.42. The van der Waals surface area contributed by atoms with Crippen LogP contribution in [0.3, 0.4) is 0 Å². The summed E-state index contributed by atoms with van der Waals surface area (Å²) in [7, 11) is 0. The van der Waals surface area contributed by atoms with Gasteiger partial charge in [-0.15, -0.1) is 0 Å². The highest BCUT2D eigenvalue weighted by atomic mass is 79.9. The van der Waals surface area contributed by atoms with Crippen LogP contribution in [0.5, 0.6) is 0 Å². The van der Waals surface area contributed by atoms with E-state index in [1.807, 2.05) is 6.20 Å². The Morgan fingerprint density at radius 3 is 2.89 bits per heavy atom. The smallest absolute Gasteiger partial charge is 0.0729 e. The van der Waals surface area contributed by atoms with Gasteiger partial charge < -0.3 is 5.32 Å². The van der Waals surface area contributed by atoms with Crippen molar-refractivity contribution < 1.29 is 0 Å². The second-order valence-electron chi connectivity index (χ2n) is 5.93. The van der Waals surface area contributed by atoms with Gasteiger partial charge in [-0.05, 0) is 47.7 Å². The van der Waals surface area contributed by atoms with E-state index in [2.05, 4.69) is 51.8 Å². The molecule has 3 nitrogen and oxygen atoms in total. The Bertz CT molecular complexity index is 404. The van der Waals surface area contributed by atoms with Crippen LogP contribution in [-0.2, 0) is 12.1 Å². The predicted molar refractivity (Wildman–Crippen MR) is 83.2 cm³/mol. The Hall–Kier alpha value is -0.350. The molecule has 1 unspecified atom stereocenters. The molecule has 1 saturated heterocycles. The molecule has 0 saturated carbocycles. The van der Waals surface area contributed by atoms with E-state index >= 15 is 0 Å². The number of hydrogen-bond acceptors (Lipinski definition) is 2. The van der Waals surface area contributed by atoms with E-state index in [0.29, 0.717) is 5.92 Å². The zero-order valence-corrected chi connectivity index (χ0v) is 14.0. The lowest BCUT2D eigenvalue weighted by Crippen LogP contribution is -2.48. The molecule has 0 bridgehead atoms. The fraction of sp³-hybridized carbons (Fsp3) is 0.800. The van der Waals surface area contributed by atoms with Crippen LogP contribution in [-0.4, -0.2) is 16.3 Å². The highest BCUT2D eigenvalue weighted by Gasteiger charge is 2.40. The summed E-state index contributed by atoms with van der Waals surface area (Å²) in [5, 5.41) is 8.41. The Balaban J connectivity index is 2.45. The molecule has 2 rings (SSSR count). The van der Waals surface area contributed by atoms with Gasteiger partial charge in [0, 0.05) is 6.54 Å². The third-order valence-electron chi connectivity index (χ3n) is 4.33. The maximum absolute atomic E-state index is 4.57. The summed E-state index contributed by atoms with van der Waals surface area (Å²) in [5.74, 6) is 0.564. The third kappa shape index (κ3) is 2.89. The van der Waals surface area contributed by atoms with Crippen molar-refractivity contribution in [2.24, 2.45) is 5.92 Å². The molecule has 0 radical (unpaired) electrons. The normalized spacial score (nSPS) is 24.7. The van der Waals surface area contributed by atoms with Gasteiger partial charge in [0.15, 0.2) is 0 Å². The molecule has 4 heteroatoms. The number of halogens is 1. The summed E-state index contributed by atoms with van der Waals surface area (Å²) in [6, 6.07) is 0. The SMILES string of the molecule is CCCn1ncc(Br)c1C1(C(C)C)CCCCCN1. The van der Waals surface area contributed by atoms with Crippen molar-refractivity contribution in [3.8, 4) is 0 Å². The lowest BCUT2D eigenvalue weighted by molar-refractivity contribution is 0.211. The average molecular weight is 328 g/mol. The van der Waals surface area contributed by atoms with E-state index in [0.717, 1.165) is 24.0 Å². The summed E-state index contributed by atoms with van der Waals surface area (Å²) in [4.78, 5) is 0. The number of hydrogen-bond donors (Lipinski definition) is 1. The molecule has 2 heterocycles. The monoisotopic (exact) mass is 327 g/mol. The number of nitrogens with zero attached hydrogens (tertiary/aromatic N) is 2. The zero-order valence-electron chi connectivity index (χ0n) is 12.4. The molecule has 19 heavy (non-hydrogen) atoms. The summed E-state index contributed by atoms with van der Waals surface area (Å²) in [6.45, 7) is 8.98. The molecule has 0 aliphatic carbocycles. The fourth-order valence-electron chi connectivity index (χ4n) is 3.26. The highest BCUT2D eigenvalue weighted by Crippen LogP contribution is 2.40. The molecule has 108 valence electrons. The van der Waals surface area contributed by atoms with Gasteiger partial charge in [0.2, 0.25) is 0 Å². The number of aryl methyl sites for hydroxylation is 1. The first kappa shape index (κ1) is 15.0. The molecule has 0 aromatic carbocycles. The Labute approximate surface area is 125 Å². The van der Waals surface area contributed by atoms with Crippen molar-refractivity contribution in [2.45, 2.75) is 65.0 Å². The Morgan fingerprint density at radius 2 is 2.21 bits per heavy atom. The molecule has 1 aliphatic rings. The molecular weight excluding hydrogens is 302 g/mol. The van der Waals surface area contributed by atoms with Crippen molar-refractivity contribution in [1.82, 2.24) is 15.1 Å². The minimum absolute atomic E-state index is 0.0704. The Morgan fingerprint density at radius 1 is 1.42 bits per heavy atom. The van der Waals surface area contributed by atoms with E-state index in [-0.39, 0.29) is 5.54 Å². The van der Waals surface area contributed by atoms with E-state index in [1.165, 1.54) is 31.4 Å². The maximum Gasteiger partial charge on any atom is 0.0729 e. The molecule has 0 spiro atoms. The van der Waals surface area contributed by atoms with Gasteiger partial charge in [-0.3, -0.25) is 4.68 Å². The molecular formula is C15H26BrN3. The standard InChI is InChI=1S/C15H26BrN3/c1-4-10-19-14(13(16)11-18-19)15(12(2)3)8-6-5-7-9-17-15/h11-12,17H,4-10H2,1-3H3. The number of rotatable bonds is 4. The average Bonchev–Trinajstić information content (AvgIpc) is 2.62. The minimum atomic E-state index is 0.0704. The second-order valence-corrected chi connectivity index (χ2v) is 6.78. The Kier molecular flexibility index (Phi) is 5.07. The molecule has 1 aromatic heterocycles. The molecule has 1 atom stereocenters. The molecule has 1 aliphatic heterocycles. The molecule has 1 aromatic rings. The van der Waals surface area contributed by atoms with Gasteiger partial charge >= 0.3 is 0 Å². The number of aromatic nitrogens is 2. The highest BCUT2D eigenvalue weighted by molar-refractivity contribution is 9.10. The van der Waals surface area contributed by atoms with Gasteiger partial charge in [-0.2, -0.15) is 5.10 Å². The van der Waals surface area contributed by atoms with Crippen molar-refractivity contribution in [3.63, 3.8) is 0 Å². The fourth-order valence-corrected chi connectivity index (χ4v) is 3.91. The largest absolute Gasteiger partial charge is 0.306 e. The van der Waals surface area contributed by atoms with E-state index in [4.69, 9.17) is 0 Å². The lowest BCUT2D eigenvalue weighted by atomic mass is 9.79. The van der Waals surface area contributed by atoms with Crippen LogP contribution in [0.15, 0.2) is 10.7 Å². The van der Waals surface area contributed by atoms with Crippen molar-refractivity contribution in [2.75, 3.05) is 6.54 Å². The van der Waals surface area contributed by atoms with Crippen LogP contribution in [0.1, 0.15) is 58.6 Å². The second kappa shape index (κ2) is 6.40. The van der Waals surface area contributed by atoms with Crippen LogP contribution in [0.2, 0.25) is 0 Å². The number of nitrogens with one attached hydrogen (secondary N) is 1. The van der Waals surface area contributed by atoms with Crippen LogP contribution in [0.4, 0.5) is 0 Å². The zero-order chi connectivity index (χ0) is 13.9. The van der Waals surface area contributed by atoms with E-state index in [1.54, 1.807) is 0 Å². The van der Waals surface area contributed by atoms with Crippen LogP contribution < -0.4 is 5.32 Å². The van der Waals surface area contributed by atoms with Gasteiger partial charge in [-0.1, -0.05) is 33.6 Å². The van der Waals surface area contributed by atoms with Crippen LogP contribution in [0.25, 0.3) is 0 Å². The summed E-state index contributed by atoms with van der Waals surface area (Å²) >= 11 is 3.73. The van der Waals surface area contributed by atoms with Crippen LogP contribution >= 0.6 is 15.9 Å². The molecule has 1 fully saturated rings. The van der Waals surface area contributed by atoms with Gasteiger partial charge in [0.1, 0.15) is 0 Å². The third-order valence-corrected chi connectivity index (χ3v) is 4.91. The van der Waals surface area contributed by atoms with Gasteiger partial charge in [0.25, 0.3) is 0 Å². The van der Waals surface area contributed by atoms with Crippen molar-refractivity contribution in [1.29, 1.82) is 0 Å². The van der Waals surface area contributed by atoms with Gasteiger partial charge in [-0.25, -0.2) is 0 Å². The van der Waals surface area contributed by atoms with E-state index < -0.39 is 0 Å². The minimum Gasteiger partial charge on any atom is -0.306 e.